The van der Waals surface area contributed by atoms with Crippen LogP contribution in [0, 0.1) is 13.8 Å². The lowest BCUT2D eigenvalue weighted by Crippen LogP contribution is -2.37. The second-order valence-corrected chi connectivity index (χ2v) is 17.7. The predicted octanol–water partition coefficient (Wildman–Crippen LogP) is 9.20. The van der Waals surface area contributed by atoms with Crippen LogP contribution in [-0.4, -0.2) is 92.5 Å². The van der Waals surface area contributed by atoms with E-state index in [1.54, 1.807) is 30.4 Å². The molecule has 0 radical (unpaired) electrons. The zero-order chi connectivity index (χ0) is 45.4. The van der Waals surface area contributed by atoms with Gasteiger partial charge in [-0.1, -0.05) is 112 Å². The molecular weight excluding hydrogens is 797 g/mol. The van der Waals surface area contributed by atoms with E-state index in [4.69, 9.17) is 22.9 Å². The van der Waals surface area contributed by atoms with Gasteiger partial charge in [-0.25, -0.2) is 0 Å². The van der Waals surface area contributed by atoms with Crippen LogP contribution in [0.3, 0.4) is 0 Å². The first-order valence-electron chi connectivity index (χ1n) is 22.2. The Kier molecular flexibility index (Phi) is 30.3. The summed E-state index contributed by atoms with van der Waals surface area (Å²) < 4.78 is 39.9. The molecule has 1 aromatic heterocycles. The summed E-state index contributed by atoms with van der Waals surface area (Å²) in [6.45, 7) is 7.92. The number of ether oxygens (including phenoxy) is 2. The molecule has 0 aliphatic carbocycles. The van der Waals surface area contributed by atoms with Crippen LogP contribution in [-0.2, 0) is 45.5 Å². The fourth-order valence-electron chi connectivity index (χ4n) is 5.85. The van der Waals surface area contributed by atoms with Crippen molar-refractivity contribution in [2.24, 2.45) is 0 Å². The van der Waals surface area contributed by atoms with Crippen LogP contribution < -0.4 is 4.89 Å². The quantitative estimate of drug-likeness (QED) is 0.0167. The number of likely N-dealkylation sites (N-methyl/N-ethyl adjacent to an activating group) is 1. The van der Waals surface area contributed by atoms with Gasteiger partial charge in [0, 0.05) is 25.7 Å². The van der Waals surface area contributed by atoms with Crippen LogP contribution in [0.15, 0.2) is 77.3 Å². The summed E-state index contributed by atoms with van der Waals surface area (Å²) in [6.07, 6.45) is 31.6. The molecule has 0 bridgehead atoms. The van der Waals surface area contributed by atoms with Crippen LogP contribution >= 0.6 is 7.82 Å². The highest BCUT2D eigenvalue weighted by atomic mass is 31.2. The molecule has 346 valence electrons. The van der Waals surface area contributed by atoms with E-state index in [1.165, 1.54) is 11.1 Å². The molecule has 0 aliphatic heterocycles. The Labute approximate surface area is 367 Å². The van der Waals surface area contributed by atoms with E-state index in [1.807, 2.05) is 63.7 Å². The number of phosphoric acid groups is 1. The topological polar surface area (TPSA) is 165 Å². The normalized spacial score (nSPS) is 15.2. The summed E-state index contributed by atoms with van der Waals surface area (Å²) in [7, 11) is 0.995. The molecule has 0 spiro atoms. The van der Waals surface area contributed by atoms with Crippen LogP contribution in [0.4, 0.5) is 0 Å². The second kappa shape index (κ2) is 33.2. The monoisotopic (exact) mass is 876 g/mol. The fourth-order valence-corrected chi connectivity index (χ4v) is 6.58. The van der Waals surface area contributed by atoms with Crippen LogP contribution in [0.2, 0.25) is 0 Å². The number of unbranched alkanes of at least 4 members (excludes halogenated alkanes) is 6. The van der Waals surface area contributed by atoms with Crippen LogP contribution in [0.25, 0.3) is 0 Å². The average molecular weight is 876 g/mol. The number of hydrogen-bond acceptors (Lipinski definition) is 11. The number of phosphoric ester groups is 1. The van der Waals surface area contributed by atoms with Crippen molar-refractivity contribution in [3.8, 4) is 0 Å². The number of furan rings is 1. The standard InChI is InChI=1S/C48H78NO11P/c1-8-10-21-29-42(50)30-22-16-12-11-13-17-23-31-43(51)32-24-20-27-35-48(53)59-44(39-58-61(54,55)57-37-36-49(5,6)7)38-56-47(52)34-26-19-15-14-18-25-33-46-41(4)40(3)45(60-46)28-9-2/h10,12-13,16-17,21-24,30-32,42-44,50-51H,8-9,11,14-15,18-20,25-29,33-39H2,1-7H3/b16-12-,17-13-,21-10-,30-22+,31-23+,32-24-/t42-,43-,44+/m0/s1. The van der Waals surface area contributed by atoms with Gasteiger partial charge < -0.3 is 42.5 Å². The maximum absolute atomic E-state index is 12.7. The molecule has 1 heterocycles. The zero-order valence-corrected chi connectivity index (χ0v) is 39.2. The van der Waals surface area contributed by atoms with E-state index in [2.05, 4.69) is 27.7 Å². The minimum Gasteiger partial charge on any atom is -0.756 e. The molecule has 0 aliphatic rings. The SMILES string of the molecule is CC/C=C\C[C@H](O)/C=C/C=C\C/C=C\C=C\[C@H](O)/C=C\CCCC(=O)O[C@H](COC(=O)CCCCCCCCc1oc(CCC)c(C)c1C)COP(=O)([O-])OCC[N+](C)(C)C. The number of nitrogens with zero attached hydrogens (tertiary/aromatic N) is 1. The Morgan fingerprint density at radius 2 is 1.39 bits per heavy atom. The molecule has 2 N–H and O–H groups in total. The van der Waals surface area contributed by atoms with Crippen molar-refractivity contribution in [1.82, 2.24) is 0 Å². The smallest absolute Gasteiger partial charge is 0.306 e. The summed E-state index contributed by atoms with van der Waals surface area (Å²) in [5.74, 6) is 1.15. The van der Waals surface area contributed by atoms with Crippen LogP contribution in [0.5, 0.6) is 0 Å². The number of esters is 2. The molecule has 61 heavy (non-hydrogen) atoms. The lowest BCUT2D eigenvalue weighted by atomic mass is 10.0. The summed E-state index contributed by atoms with van der Waals surface area (Å²) in [4.78, 5) is 37.7. The number of carbonyl (C=O) groups excluding carboxylic acids is 2. The third-order valence-corrected chi connectivity index (χ3v) is 10.6. The Balaban J connectivity index is 2.48. The maximum Gasteiger partial charge on any atom is 0.306 e. The largest absolute Gasteiger partial charge is 0.756 e. The highest BCUT2D eigenvalue weighted by Gasteiger charge is 2.22. The van der Waals surface area contributed by atoms with Gasteiger partial charge in [0.25, 0.3) is 7.82 Å². The predicted molar refractivity (Wildman–Crippen MR) is 242 cm³/mol. The summed E-state index contributed by atoms with van der Waals surface area (Å²) in [5.41, 5.74) is 2.54. The van der Waals surface area contributed by atoms with Crippen LogP contribution in [0.1, 0.15) is 126 Å². The first kappa shape index (κ1) is 55.7. The molecule has 13 heteroatoms. The minimum atomic E-state index is -4.70. The Bertz CT molecular complexity index is 1580. The van der Waals surface area contributed by atoms with E-state index in [9.17, 15) is 29.3 Å². The second-order valence-electron chi connectivity index (χ2n) is 16.3. The molecule has 0 saturated heterocycles. The lowest BCUT2D eigenvalue weighted by molar-refractivity contribution is -0.870. The third kappa shape index (κ3) is 30.4. The highest BCUT2D eigenvalue weighted by Crippen LogP contribution is 2.38. The molecule has 0 amide bonds. The number of carbonyl (C=O) groups is 2. The Morgan fingerprint density at radius 1 is 0.754 bits per heavy atom. The van der Waals surface area contributed by atoms with E-state index in [-0.39, 0.29) is 26.1 Å². The van der Waals surface area contributed by atoms with Gasteiger partial charge in [0.05, 0.1) is 40.0 Å². The zero-order valence-electron chi connectivity index (χ0n) is 38.3. The third-order valence-electron chi connectivity index (χ3n) is 9.59. The molecule has 4 atom stereocenters. The van der Waals surface area contributed by atoms with Gasteiger partial charge in [-0.3, -0.25) is 14.2 Å². The number of rotatable bonds is 35. The van der Waals surface area contributed by atoms with E-state index in [0.29, 0.717) is 43.1 Å². The summed E-state index contributed by atoms with van der Waals surface area (Å²) in [6, 6.07) is 0. The molecular formula is C48H78NO11P. The van der Waals surface area contributed by atoms with Crippen molar-refractivity contribution < 1.29 is 56.7 Å². The van der Waals surface area contributed by atoms with Crippen molar-refractivity contribution in [1.29, 1.82) is 0 Å². The van der Waals surface area contributed by atoms with E-state index >= 15 is 0 Å². The summed E-state index contributed by atoms with van der Waals surface area (Å²) >= 11 is 0. The summed E-state index contributed by atoms with van der Waals surface area (Å²) in [5, 5.41) is 20.1. The first-order chi connectivity index (χ1) is 29.1. The molecule has 1 rings (SSSR count). The number of hydrogen-bond donors (Lipinski definition) is 2. The van der Waals surface area contributed by atoms with Gasteiger partial charge in [0.15, 0.2) is 6.10 Å². The number of quaternary nitrogens is 1. The molecule has 0 saturated carbocycles. The van der Waals surface area contributed by atoms with Gasteiger partial charge in [-0.15, -0.1) is 0 Å². The first-order valence-corrected chi connectivity index (χ1v) is 23.7. The Hall–Kier alpha value is -3.35. The average Bonchev–Trinajstić information content (AvgIpc) is 3.46. The number of aliphatic hydroxyl groups is 2. The Morgan fingerprint density at radius 3 is 2.07 bits per heavy atom. The van der Waals surface area contributed by atoms with Gasteiger partial charge in [-0.05, 0) is 76.3 Å². The number of aliphatic hydroxyl groups excluding tert-OH is 2. The fraction of sp³-hybridized carbons (Fsp3) is 0.625. The van der Waals surface area contributed by atoms with Crippen molar-refractivity contribution in [3.05, 3.63) is 95.6 Å². The highest BCUT2D eigenvalue weighted by molar-refractivity contribution is 7.45. The van der Waals surface area contributed by atoms with Crippen molar-refractivity contribution >= 4 is 19.8 Å². The van der Waals surface area contributed by atoms with Gasteiger partial charge in [0.1, 0.15) is 31.3 Å². The van der Waals surface area contributed by atoms with Gasteiger partial charge in [-0.2, -0.15) is 0 Å². The maximum atomic E-state index is 12.7. The minimum absolute atomic E-state index is 0.0245. The van der Waals surface area contributed by atoms with E-state index in [0.717, 1.165) is 69.3 Å². The van der Waals surface area contributed by atoms with Gasteiger partial charge in [0.2, 0.25) is 0 Å². The van der Waals surface area contributed by atoms with Crippen molar-refractivity contribution in [2.75, 3.05) is 47.5 Å². The molecule has 0 fully saturated rings. The molecule has 0 aromatic carbocycles. The molecule has 12 nitrogen and oxygen atoms in total. The lowest BCUT2D eigenvalue weighted by Gasteiger charge is -2.28. The molecule has 1 unspecified atom stereocenters. The number of allylic oxidation sites excluding steroid dienone is 8. The van der Waals surface area contributed by atoms with Crippen molar-refractivity contribution in [2.45, 2.75) is 149 Å². The molecule has 1 aromatic rings. The van der Waals surface area contributed by atoms with Gasteiger partial charge >= 0.3 is 11.9 Å². The van der Waals surface area contributed by atoms with E-state index < -0.39 is 44.7 Å². The number of aryl methyl sites for hydroxylation is 2. The van der Waals surface area contributed by atoms with Crippen molar-refractivity contribution in [3.63, 3.8) is 0 Å².